The lowest BCUT2D eigenvalue weighted by Crippen LogP contribution is -2.35. The highest BCUT2D eigenvalue weighted by Crippen LogP contribution is 2.28. The number of para-hydroxylation sites is 1. The molecule has 0 bridgehead atoms. The number of benzene rings is 2. The molecule has 1 amide bonds. The summed E-state index contributed by atoms with van der Waals surface area (Å²) in [5, 5.41) is 0. The number of fused-ring (bicyclic) bond motifs is 1. The largest absolute Gasteiger partial charge is 0.308 e. The predicted octanol–water partition coefficient (Wildman–Crippen LogP) is 4.09. The lowest BCUT2D eigenvalue weighted by Gasteiger charge is -2.29. The Kier molecular flexibility index (Phi) is 6.52. The van der Waals surface area contributed by atoms with Gasteiger partial charge in [-0.15, -0.1) is 0 Å². The monoisotopic (exact) mass is 400 g/mol. The molecule has 0 saturated carbocycles. The minimum Gasteiger partial charge on any atom is -0.308 e. The highest BCUT2D eigenvalue weighted by molar-refractivity contribution is 7.89. The third-order valence-corrected chi connectivity index (χ3v) is 7.20. The highest BCUT2D eigenvalue weighted by Gasteiger charge is 2.25. The fourth-order valence-electron chi connectivity index (χ4n) is 3.60. The van der Waals surface area contributed by atoms with Crippen LogP contribution in [0.25, 0.3) is 0 Å². The molecule has 0 N–H and O–H groups in total. The second-order valence-electron chi connectivity index (χ2n) is 7.06. The zero-order valence-electron chi connectivity index (χ0n) is 16.6. The van der Waals surface area contributed by atoms with Crippen LogP contribution in [-0.2, 0) is 16.4 Å². The minimum atomic E-state index is -3.53. The first kappa shape index (κ1) is 20.6. The highest BCUT2D eigenvalue weighted by atomic mass is 32.2. The van der Waals surface area contributed by atoms with Crippen LogP contribution < -0.4 is 4.90 Å². The third kappa shape index (κ3) is 4.13. The molecule has 0 aromatic heterocycles. The fraction of sp³-hybridized carbons (Fsp3) is 0.409. The molecule has 6 heteroatoms. The molecule has 0 radical (unpaired) electrons. The van der Waals surface area contributed by atoms with Crippen LogP contribution in [0, 0.1) is 0 Å². The zero-order chi connectivity index (χ0) is 20.1. The van der Waals surface area contributed by atoms with Gasteiger partial charge in [0.25, 0.3) is 5.91 Å². The molecule has 28 heavy (non-hydrogen) atoms. The van der Waals surface area contributed by atoms with Gasteiger partial charge in [0.05, 0.1) is 4.90 Å². The van der Waals surface area contributed by atoms with Gasteiger partial charge in [0.1, 0.15) is 0 Å². The predicted molar refractivity (Wildman–Crippen MR) is 112 cm³/mol. The number of anilines is 1. The van der Waals surface area contributed by atoms with Crippen molar-refractivity contribution in [2.24, 2.45) is 0 Å². The Bertz CT molecular complexity index is 923. The van der Waals surface area contributed by atoms with Crippen molar-refractivity contribution >= 4 is 21.6 Å². The van der Waals surface area contributed by atoms with Gasteiger partial charge >= 0.3 is 0 Å². The molecule has 0 fully saturated rings. The van der Waals surface area contributed by atoms with Crippen molar-refractivity contribution in [1.82, 2.24) is 4.31 Å². The summed E-state index contributed by atoms with van der Waals surface area (Å²) in [6.07, 6.45) is 3.68. The third-order valence-electron chi connectivity index (χ3n) is 5.21. The summed E-state index contributed by atoms with van der Waals surface area (Å²) in [5.74, 6) is -0.0885. The van der Waals surface area contributed by atoms with E-state index in [1.165, 1.54) is 9.87 Å². The number of rotatable bonds is 7. The van der Waals surface area contributed by atoms with Gasteiger partial charge in [-0.2, -0.15) is 4.31 Å². The molecule has 1 aliphatic heterocycles. The SMILES string of the molecule is CCCCN(CC)S(=O)(=O)c1ccc(C(=O)N2CCCc3ccccc32)cc1. The number of carbonyl (C=O) groups excluding carboxylic acids is 1. The van der Waals surface area contributed by atoms with Crippen molar-refractivity contribution in [2.45, 2.75) is 44.4 Å². The van der Waals surface area contributed by atoms with Crippen molar-refractivity contribution in [2.75, 3.05) is 24.5 Å². The van der Waals surface area contributed by atoms with E-state index in [1.807, 2.05) is 32.0 Å². The lowest BCUT2D eigenvalue weighted by atomic mass is 10.0. The molecule has 0 spiro atoms. The molecule has 2 aromatic carbocycles. The summed E-state index contributed by atoms with van der Waals surface area (Å²) >= 11 is 0. The zero-order valence-corrected chi connectivity index (χ0v) is 17.4. The number of sulfonamides is 1. The van der Waals surface area contributed by atoms with Crippen molar-refractivity contribution in [3.05, 3.63) is 59.7 Å². The van der Waals surface area contributed by atoms with Gasteiger partial charge in [-0.3, -0.25) is 4.79 Å². The van der Waals surface area contributed by atoms with E-state index >= 15 is 0 Å². The Morgan fingerprint density at radius 3 is 2.46 bits per heavy atom. The molecule has 150 valence electrons. The number of unbranched alkanes of at least 4 members (excludes halogenated alkanes) is 1. The number of aryl methyl sites for hydroxylation is 1. The Balaban J connectivity index is 1.82. The number of carbonyl (C=O) groups is 1. The van der Waals surface area contributed by atoms with E-state index in [4.69, 9.17) is 0 Å². The van der Waals surface area contributed by atoms with Gasteiger partial charge in [0.2, 0.25) is 10.0 Å². The summed E-state index contributed by atoms with van der Waals surface area (Å²) in [5.41, 5.74) is 2.63. The van der Waals surface area contributed by atoms with E-state index < -0.39 is 10.0 Å². The van der Waals surface area contributed by atoms with Crippen LogP contribution >= 0.6 is 0 Å². The standard InChI is InChI=1S/C22H28N2O3S/c1-3-5-16-23(4-2)28(26,27)20-14-12-19(13-15-20)22(25)24-17-8-10-18-9-6-7-11-21(18)24/h6-7,9,11-15H,3-5,8,10,16-17H2,1-2H3. The van der Waals surface area contributed by atoms with E-state index in [9.17, 15) is 13.2 Å². The second kappa shape index (κ2) is 8.88. The van der Waals surface area contributed by atoms with Crippen LogP contribution in [-0.4, -0.2) is 38.3 Å². The van der Waals surface area contributed by atoms with Crippen molar-refractivity contribution in [3.63, 3.8) is 0 Å². The average Bonchev–Trinajstić information content (AvgIpc) is 2.73. The Morgan fingerprint density at radius 1 is 1.07 bits per heavy atom. The maximum Gasteiger partial charge on any atom is 0.258 e. The summed E-state index contributed by atoms with van der Waals surface area (Å²) in [6, 6.07) is 14.3. The number of amides is 1. The molecule has 1 aliphatic rings. The quantitative estimate of drug-likeness (QED) is 0.703. The lowest BCUT2D eigenvalue weighted by molar-refractivity contribution is 0.0985. The van der Waals surface area contributed by atoms with Crippen LogP contribution in [0.2, 0.25) is 0 Å². The molecule has 2 aromatic rings. The Morgan fingerprint density at radius 2 is 1.79 bits per heavy atom. The van der Waals surface area contributed by atoms with Crippen molar-refractivity contribution < 1.29 is 13.2 Å². The molecule has 0 unspecified atom stereocenters. The number of hydrogen-bond donors (Lipinski definition) is 0. The molecule has 0 aliphatic carbocycles. The van der Waals surface area contributed by atoms with Crippen molar-refractivity contribution in [1.29, 1.82) is 0 Å². The summed E-state index contributed by atoms with van der Waals surface area (Å²) in [6.45, 7) is 5.52. The Labute approximate surface area is 168 Å². The molecular formula is C22H28N2O3S. The Hall–Kier alpha value is -2.18. The van der Waals surface area contributed by atoms with Crippen LogP contribution in [0.1, 0.15) is 49.0 Å². The van der Waals surface area contributed by atoms with E-state index in [-0.39, 0.29) is 10.8 Å². The van der Waals surface area contributed by atoms with Gasteiger partial charge < -0.3 is 4.90 Å². The minimum absolute atomic E-state index is 0.0885. The molecule has 5 nitrogen and oxygen atoms in total. The van der Waals surface area contributed by atoms with Gasteiger partial charge in [0.15, 0.2) is 0 Å². The first-order chi connectivity index (χ1) is 13.5. The molecule has 3 rings (SSSR count). The van der Waals surface area contributed by atoms with Crippen molar-refractivity contribution in [3.8, 4) is 0 Å². The summed E-state index contributed by atoms with van der Waals surface area (Å²) in [7, 11) is -3.53. The van der Waals surface area contributed by atoms with Gasteiger partial charge in [0, 0.05) is 30.9 Å². The molecular weight excluding hydrogens is 372 g/mol. The molecule has 0 atom stereocenters. The van der Waals surface area contributed by atoms with Crippen LogP contribution in [0.4, 0.5) is 5.69 Å². The maximum atomic E-state index is 13.0. The summed E-state index contributed by atoms with van der Waals surface area (Å²) in [4.78, 5) is 15.1. The normalized spacial score (nSPS) is 14.2. The van der Waals surface area contributed by atoms with Gasteiger partial charge in [-0.25, -0.2) is 8.42 Å². The maximum absolute atomic E-state index is 13.0. The van der Waals surface area contributed by atoms with Gasteiger partial charge in [-0.05, 0) is 55.2 Å². The van der Waals surface area contributed by atoms with Crippen LogP contribution in [0.15, 0.2) is 53.4 Å². The van der Waals surface area contributed by atoms with Crippen LogP contribution in [0.5, 0.6) is 0 Å². The number of nitrogens with zero attached hydrogens (tertiary/aromatic N) is 2. The van der Waals surface area contributed by atoms with E-state index in [0.717, 1.165) is 31.4 Å². The van der Waals surface area contributed by atoms with Gasteiger partial charge in [-0.1, -0.05) is 38.5 Å². The fourth-order valence-corrected chi connectivity index (χ4v) is 5.09. The molecule has 1 heterocycles. The topological polar surface area (TPSA) is 57.7 Å². The average molecular weight is 401 g/mol. The van der Waals surface area contributed by atoms with E-state index in [0.29, 0.717) is 25.2 Å². The first-order valence-corrected chi connectivity index (χ1v) is 11.4. The van der Waals surface area contributed by atoms with E-state index in [2.05, 4.69) is 6.07 Å². The summed E-state index contributed by atoms with van der Waals surface area (Å²) < 4.78 is 27.2. The smallest absolute Gasteiger partial charge is 0.258 e. The van der Waals surface area contributed by atoms with E-state index in [1.54, 1.807) is 29.2 Å². The second-order valence-corrected chi connectivity index (χ2v) is 9.00. The van der Waals surface area contributed by atoms with Crippen LogP contribution in [0.3, 0.4) is 0 Å². The first-order valence-electron chi connectivity index (χ1n) is 9.99. The number of hydrogen-bond acceptors (Lipinski definition) is 3. The molecule has 0 saturated heterocycles.